The first-order valence-corrected chi connectivity index (χ1v) is 8.27. The molecule has 0 atom stereocenters. The van der Waals surface area contributed by atoms with Gasteiger partial charge >= 0.3 is 0 Å². The van der Waals surface area contributed by atoms with Crippen molar-refractivity contribution in [1.29, 1.82) is 0 Å². The van der Waals surface area contributed by atoms with E-state index in [1.807, 2.05) is 6.07 Å². The van der Waals surface area contributed by atoms with Crippen molar-refractivity contribution in [2.24, 2.45) is 0 Å². The fourth-order valence-electron chi connectivity index (χ4n) is 1.12. The summed E-state index contributed by atoms with van der Waals surface area (Å²) in [5.41, 5.74) is 0. The molecule has 0 unspecified atom stereocenters. The highest BCUT2D eigenvalue weighted by Gasteiger charge is 2.01. The summed E-state index contributed by atoms with van der Waals surface area (Å²) in [5.74, 6) is 0.258. The average molecular weight is 312 g/mol. The van der Waals surface area contributed by atoms with Gasteiger partial charge in [-0.3, -0.25) is 0 Å². The van der Waals surface area contributed by atoms with Gasteiger partial charge in [0.15, 0.2) is 0 Å². The number of hydrogen-bond donors (Lipinski definition) is 1. The van der Waals surface area contributed by atoms with E-state index in [9.17, 15) is 8.42 Å². The fourth-order valence-corrected chi connectivity index (χ4v) is 3.24. The lowest BCUT2D eigenvalue weighted by Crippen LogP contribution is -2.17. The zero-order valence-electron chi connectivity index (χ0n) is 8.49. The van der Waals surface area contributed by atoms with Crippen molar-refractivity contribution in [1.82, 2.24) is 5.32 Å². The van der Waals surface area contributed by atoms with Gasteiger partial charge in [0, 0.05) is 17.7 Å². The van der Waals surface area contributed by atoms with Crippen LogP contribution in [0.1, 0.15) is 11.3 Å². The van der Waals surface area contributed by atoms with Crippen LogP contribution in [-0.4, -0.2) is 27.0 Å². The van der Waals surface area contributed by atoms with E-state index in [2.05, 4.69) is 27.3 Å². The van der Waals surface area contributed by atoms with Gasteiger partial charge in [-0.2, -0.15) is 0 Å². The molecule has 1 heterocycles. The van der Waals surface area contributed by atoms with Gasteiger partial charge in [0.2, 0.25) is 0 Å². The highest BCUT2D eigenvalue weighted by atomic mass is 79.9. The van der Waals surface area contributed by atoms with E-state index >= 15 is 0 Å². The molecule has 1 N–H and O–H groups in total. The molecule has 0 amide bonds. The molecule has 0 saturated carbocycles. The van der Waals surface area contributed by atoms with Crippen LogP contribution in [0.2, 0.25) is 0 Å². The van der Waals surface area contributed by atoms with Crippen molar-refractivity contribution in [3.63, 3.8) is 0 Å². The summed E-state index contributed by atoms with van der Waals surface area (Å²) in [6, 6.07) is 4.07. The van der Waals surface area contributed by atoms with Crippen LogP contribution in [0.15, 0.2) is 15.9 Å². The topological polar surface area (TPSA) is 46.2 Å². The molecular weight excluding hydrogens is 298 g/mol. The minimum Gasteiger partial charge on any atom is -0.312 e. The third-order valence-corrected chi connectivity index (χ3v) is 4.45. The number of thiophene rings is 1. The first-order chi connectivity index (χ1) is 6.97. The Morgan fingerprint density at radius 2 is 2.20 bits per heavy atom. The molecular formula is C9H14BrNO2S2. The van der Waals surface area contributed by atoms with Crippen LogP contribution in [0.3, 0.4) is 0 Å². The second-order valence-electron chi connectivity index (χ2n) is 3.37. The molecule has 15 heavy (non-hydrogen) atoms. The third kappa shape index (κ3) is 6.29. The van der Waals surface area contributed by atoms with Crippen molar-refractivity contribution >= 4 is 37.1 Å². The summed E-state index contributed by atoms with van der Waals surface area (Å²) in [7, 11) is -2.81. The van der Waals surface area contributed by atoms with E-state index in [4.69, 9.17) is 0 Å². The molecule has 1 aromatic rings. The van der Waals surface area contributed by atoms with E-state index in [-0.39, 0.29) is 5.75 Å². The Kier molecular flexibility index (Phi) is 5.25. The average Bonchev–Trinajstić information content (AvgIpc) is 2.49. The SMILES string of the molecule is CS(=O)(=O)CCCNCc1ccc(Br)s1. The fraction of sp³-hybridized carbons (Fsp3) is 0.556. The van der Waals surface area contributed by atoms with Crippen LogP contribution in [0.4, 0.5) is 0 Å². The summed E-state index contributed by atoms with van der Waals surface area (Å²) >= 11 is 5.08. The van der Waals surface area contributed by atoms with Crippen LogP contribution >= 0.6 is 27.3 Å². The smallest absolute Gasteiger partial charge is 0.147 e. The first kappa shape index (κ1) is 13.2. The van der Waals surface area contributed by atoms with Gasteiger partial charge in [0.25, 0.3) is 0 Å². The molecule has 0 radical (unpaired) electrons. The predicted molar refractivity (Wildman–Crippen MR) is 68.1 cm³/mol. The Labute approximate surface area is 103 Å². The van der Waals surface area contributed by atoms with Crippen molar-refractivity contribution < 1.29 is 8.42 Å². The molecule has 0 fully saturated rings. The van der Waals surface area contributed by atoms with E-state index < -0.39 is 9.84 Å². The molecule has 1 aromatic heterocycles. The number of nitrogens with one attached hydrogen (secondary N) is 1. The molecule has 1 rings (SSSR count). The number of rotatable bonds is 6. The van der Waals surface area contributed by atoms with Gasteiger partial charge in [0.05, 0.1) is 9.54 Å². The van der Waals surface area contributed by atoms with Crippen molar-refractivity contribution in [2.45, 2.75) is 13.0 Å². The molecule has 0 aliphatic rings. The minimum absolute atomic E-state index is 0.258. The van der Waals surface area contributed by atoms with E-state index in [1.165, 1.54) is 11.1 Å². The van der Waals surface area contributed by atoms with Crippen LogP contribution < -0.4 is 5.32 Å². The molecule has 3 nitrogen and oxygen atoms in total. The lowest BCUT2D eigenvalue weighted by atomic mass is 10.4. The van der Waals surface area contributed by atoms with E-state index in [0.717, 1.165) is 16.9 Å². The zero-order chi connectivity index (χ0) is 11.3. The quantitative estimate of drug-likeness (QED) is 0.818. The first-order valence-electron chi connectivity index (χ1n) is 4.60. The maximum atomic E-state index is 10.8. The Hall–Kier alpha value is 0.0900. The molecule has 86 valence electrons. The molecule has 0 spiro atoms. The second kappa shape index (κ2) is 5.98. The Balaban J connectivity index is 2.12. The Morgan fingerprint density at radius 3 is 2.73 bits per heavy atom. The summed E-state index contributed by atoms with van der Waals surface area (Å²) in [6.07, 6.45) is 1.94. The molecule has 0 bridgehead atoms. The largest absolute Gasteiger partial charge is 0.312 e. The molecule has 0 aromatic carbocycles. The highest BCUT2D eigenvalue weighted by Crippen LogP contribution is 2.21. The maximum absolute atomic E-state index is 10.8. The number of hydrogen-bond acceptors (Lipinski definition) is 4. The minimum atomic E-state index is -2.81. The van der Waals surface area contributed by atoms with Crippen molar-refractivity contribution in [3.8, 4) is 0 Å². The second-order valence-corrected chi connectivity index (χ2v) is 8.17. The van der Waals surface area contributed by atoms with E-state index in [1.54, 1.807) is 11.3 Å². The Bertz CT molecular complexity index is 400. The highest BCUT2D eigenvalue weighted by molar-refractivity contribution is 9.11. The Morgan fingerprint density at radius 1 is 1.47 bits per heavy atom. The van der Waals surface area contributed by atoms with Gasteiger partial charge in [-0.15, -0.1) is 11.3 Å². The summed E-state index contributed by atoms with van der Waals surface area (Å²) in [4.78, 5) is 1.25. The lowest BCUT2D eigenvalue weighted by molar-refractivity contribution is 0.594. The monoisotopic (exact) mass is 311 g/mol. The molecule has 6 heteroatoms. The molecule has 0 saturated heterocycles. The van der Waals surface area contributed by atoms with Gasteiger partial charge in [-0.1, -0.05) is 0 Å². The maximum Gasteiger partial charge on any atom is 0.147 e. The van der Waals surface area contributed by atoms with Crippen LogP contribution in [0, 0.1) is 0 Å². The van der Waals surface area contributed by atoms with Crippen LogP contribution in [0.25, 0.3) is 0 Å². The van der Waals surface area contributed by atoms with Crippen LogP contribution in [-0.2, 0) is 16.4 Å². The predicted octanol–water partition coefficient (Wildman–Crippen LogP) is 2.03. The standard InChI is InChI=1S/C9H14BrNO2S2/c1-15(12,13)6-2-5-11-7-8-3-4-9(10)14-8/h3-4,11H,2,5-7H2,1H3. The summed E-state index contributed by atoms with van der Waals surface area (Å²) in [5, 5.41) is 3.21. The van der Waals surface area contributed by atoms with Gasteiger partial charge in [-0.05, 0) is 41.0 Å². The summed E-state index contributed by atoms with van der Waals surface area (Å²) < 4.78 is 22.8. The number of sulfone groups is 1. The summed E-state index contributed by atoms with van der Waals surface area (Å²) in [6.45, 7) is 1.54. The van der Waals surface area contributed by atoms with Gasteiger partial charge in [0.1, 0.15) is 9.84 Å². The number of halogens is 1. The van der Waals surface area contributed by atoms with Gasteiger partial charge in [-0.25, -0.2) is 8.42 Å². The van der Waals surface area contributed by atoms with E-state index in [0.29, 0.717) is 6.42 Å². The molecule has 0 aliphatic heterocycles. The van der Waals surface area contributed by atoms with Crippen molar-refractivity contribution in [3.05, 3.63) is 20.8 Å². The van der Waals surface area contributed by atoms with Gasteiger partial charge < -0.3 is 5.32 Å². The zero-order valence-corrected chi connectivity index (χ0v) is 11.7. The van der Waals surface area contributed by atoms with Crippen LogP contribution in [0.5, 0.6) is 0 Å². The third-order valence-electron chi connectivity index (χ3n) is 1.80. The molecule has 0 aliphatic carbocycles. The van der Waals surface area contributed by atoms with Crippen molar-refractivity contribution in [2.75, 3.05) is 18.6 Å². The normalized spacial score (nSPS) is 11.9. The lowest BCUT2D eigenvalue weighted by Gasteiger charge is -2.01.